The summed E-state index contributed by atoms with van der Waals surface area (Å²) in [6.45, 7) is 2.59. The van der Waals surface area contributed by atoms with Crippen molar-refractivity contribution in [3.63, 3.8) is 0 Å². The summed E-state index contributed by atoms with van der Waals surface area (Å²) in [5.41, 5.74) is 2.80. The average molecular weight is 448 g/mol. The molecule has 0 aliphatic heterocycles. The molecule has 168 valence electrons. The predicted octanol–water partition coefficient (Wildman–Crippen LogP) is 2.65. The molecule has 0 aliphatic rings. The standard InChI is InChI=1S/C23H20N4O6/c1-13-7-8-16(14(2)9-13)25-23(31)26-18(28)11-32-19(29)10-27-12-24-20-15-5-3-4-6-17(15)33-21(20)22(27)30/h3-9,12H,10-11H2,1-2H3,(H2,25,26,28,31). The number of ether oxygens (including phenoxy) is 1. The first-order valence-electron chi connectivity index (χ1n) is 10.0. The minimum absolute atomic E-state index is 0.0207. The average Bonchev–Trinajstić information content (AvgIpc) is 3.16. The summed E-state index contributed by atoms with van der Waals surface area (Å²) in [5.74, 6) is -1.66. The van der Waals surface area contributed by atoms with Crippen molar-refractivity contribution in [1.29, 1.82) is 0 Å². The van der Waals surface area contributed by atoms with Crippen molar-refractivity contribution in [2.24, 2.45) is 0 Å². The maximum Gasteiger partial charge on any atom is 0.326 e. The quantitative estimate of drug-likeness (QED) is 0.449. The zero-order valence-corrected chi connectivity index (χ0v) is 17.9. The number of hydrogen-bond donors (Lipinski definition) is 2. The van der Waals surface area contributed by atoms with Gasteiger partial charge in [0.15, 0.2) is 6.61 Å². The van der Waals surface area contributed by atoms with E-state index in [0.717, 1.165) is 15.7 Å². The van der Waals surface area contributed by atoms with E-state index in [1.54, 1.807) is 30.3 Å². The van der Waals surface area contributed by atoms with E-state index >= 15 is 0 Å². The minimum atomic E-state index is -0.848. The number of aryl methyl sites for hydroxylation is 2. The highest BCUT2D eigenvalue weighted by Crippen LogP contribution is 2.24. The number of urea groups is 1. The van der Waals surface area contributed by atoms with E-state index in [9.17, 15) is 19.2 Å². The lowest BCUT2D eigenvalue weighted by Crippen LogP contribution is -2.37. The van der Waals surface area contributed by atoms with E-state index in [1.165, 1.54) is 6.33 Å². The van der Waals surface area contributed by atoms with Crippen molar-refractivity contribution in [1.82, 2.24) is 14.9 Å². The Balaban J connectivity index is 1.33. The molecular formula is C23H20N4O6. The number of aromatic nitrogens is 2. The number of esters is 1. The van der Waals surface area contributed by atoms with Crippen molar-refractivity contribution < 1.29 is 23.5 Å². The maximum absolute atomic E-state index is 12.6. The summed E-state index contributed by atoms with van der Waals surface area (Å²) in [5, 5.41) is 5.32. The second-order valence-electron chi connectivity index (χ2n) is 7.43. The van der Waals surface area contributed by atoms with Crippen LogP contribution in [0.5, 0.6) is 0 Å². The normalized spacial score (nSPS) is 10.8. The van der Waals surface area contributed by atoms with Crippen molar-refractivity contribution >= 4 is 45.7 Å². The fourth-order valence-electron chi connectivity index (χ4n) is 3.33. The molecule has 2 aromatic carbocycles. The van der Waals surface area contributed by atoms with Crippen LogP contribution < -0.4 is 16.2 Å². The highest BCUT2D eigenvalue weighted by Gasteiger charge is 2.16. The number of hydrogen-bond acceptors (Lipinski definition) is 7. The van der Waals surface area contributed by atoms with Crippen molar-refractivity contribution in [2.45, 2.75) is 20.4 Å². The molecule has 2 aromatic heterocycles. The van der Waals surface area contributed by atoms with E-state index < -0.39 is 36.6 Å². The Morgan fingerprint density at radius 2 is 1.91 bits per heavy atom. The summed E-state index contributed by atoms with van der Waals surface area (Å²) < 4.78 is 11.5. The first-order chi connectivity index (χ1) is 15.8. The number of imide groups is 1. The summed E-state index contributed by atoms with van der Waals surface area (Å²) in [6.07, 6.45) is 1.21. The zero-order chi connectivity index (χ0) is 23.5. The zero-order valence-electron chi connectivity index (χ0n) is 17.9. The molecule has 4 rings (SSSR count). The molecule has 0 spiro atoms. The Morgan fingerprint density at radius 1 is 1.12 bits per heavy atom. The molecule has 33 heavy (non-hydrogen) atoms. The van der Waals surface area contributed by atoms with E-state index in [4.69, 9.17) is 9.15 Å². The number of rotatable bonds is 5. The number of carbonyl (C=O) groups is 3. The Bertz CT molecular complexity index is 1450. The van der Waals surface area contributed by atoms with E-state index in [0.29, 0.717) is 22.2 Å². The predicted molar refractivity (Wildman–Crippen MR) is 120 cm³/mol. The monoisotopic (exact) mass is 448 g/mol. The van der Waals surface area contributed by atoms with Crippen LogP contribution in [0.1, 0.15) is 11.1 Å². The number of para-hydroxylation sites is 1. The van der Waals surface area contributed by atoms with Gasteiger partial charge in [0.25, 0.3) is 11.5 Å². The van der Waals surface area contributed by atoms with Crippen LogP contribution >= 0.6 is 0 Å². The Hall–Kier alpha value is -4.47. The molecule has 0 fully saturated rings. The van der Waals surface area contributed by atoms with Crippen molar-refractivity contribution in [3.8, 4) is 0 Å². The maximum atomic E-state index is 12.6. The largest absolute Gasteiger partial charge is 0.454 e. The van der Waals surface area contributed by atoms with Gasteiger partial charge >= 0.3 is 12.0 Å². The van der Waals surface area contributed by atoms with Gasteiger partial charge in [-0.25, -0.2) is 9.78 Å². The van der Waals surface area contributed by atoms with E-state index in [1.807, 2.05) is 26.0 Å². The van der Waals surface area contributed by atoms with E-state index in [-0.39, 0.29) is 5.58 Å². The van der Waals surface area contributed by atoms with E-state index in [2.05, 4.69) is 15.6 Å². The third-order valence-electron chi connectivity index (χ3n) is 4.90. The number of nitrogens with zero attached hydrogens (tertiary/aromatic N) is 2. The molecule has 3 amide bonds. The van der Waals surface area contributed by atoms with Gasteiger partial charge in [-0.3, -0.25) is 24.3 Å². The lowest BCUT2D eigenvalue weighted by Gasteiger charge is -2.10. The lowest BCUT2D eigenvalue weighted by atomic mass is 10.1. The van der Waals surface area contributed by atoms with Crippen LogP contribution in [0.2, 0.25) is 0 Å². The Kier molecular flexibility index (Phi) is 5.90. The number of carbonyl (C=O) groups excluding carboxylic acids is 3. The van der Waals surface area contributed by atoms with Crippen LogP contribution in [0.15, 0.2) is 58.0 Å². The van der Waals surface area contributed by atoms with Crippen LogP contribution in [0.3, 0.4) is 0 Å². The Morgan fingerprint density at radius 3 is 2.70 bits per heavy atom. The molecule has 0 bridgehead atoms. The summed E-state index contributed by atoms with van der Waals surface area (Å²) >= 11 is 0. The number of nitrogens with one attached hydrogen (secondary N) is 2. The van der Waals surface area contributed by atoms with Crippen LogP contribution in [-0.2, 0) is 20.9 Å². The smallest absolute Gasteiger partial charge is 0.326 e. The molecule has 10 nitrogen and oxygen atoms in total. The van der Waals surface area contributed by atoms with Crippen LogP contribution in [-0.4, -0.2) is 34.1 Å². The molecule has 0 unspecified atom stereocenters. The van der Waals surface area contributed by atoms with Gasteiger partial charge in [0.05, 0.1) is 6.33 Å². The molecule has 4 aromatic rings. The number of furan rings is 1. The number of anilines is 1. The van der Waals surface area contributed by atoms with Gasteiger partial charge in [-0.05, 0) is 37.6 Å². The second-order valence-corrected chi connectivity index (χ2v) is 7.43. The Labute approximate surface area is 187 Å². The molecule has 2 N–H and O–H groups in total. The molecule has 10 heteroatoms. The van der Waals surface area contributed by atoms with Gasteiger partial charge in [0, 0.05) is 11.1 Å². The topological polar surface area (TPSA) is 133 Å². The van der Waals surface area contributed by atoms with Gasteiger partial charge in [0.1, 0.15) is 17.6 Å². The molecule has 0 saturated heterocycles. The second kappa shape index (κ2) is 8.95. The highest BCUT2D eigenvalue weighted by molar-refractivity contribution is 6.02. The van der Waals surface area contributed by atoms with Crippen molar-refractivity contribution in [3.05, 3.63) is 70.3 Å². The molecular weight excluding hydrogens is 428 g/mol. The SMILES string of the molecule is Cc1ccc(NC(=O)NC(=O)COC(=O)Cn2cnc3c(oc4ccccc43)c2=O)c(C)c1. The van der Waals surface area contributed by atoms with Crippen LogP contribution in [0.25, 0.3) is 22.1 Å². The lowest BCUT2D eigenvalue weighted by molar-refractivity contribution is -0.148. The third-order valence-corrected chi connectivity index (χ3v) is 4.90. The third kappa shape index (κ3) is 4.74. The molecule has 0 aliphatic carbocycles. The molecule has 0 saturated carbocycles. The molecule has 0 radical (unpaired) electrons. The first-order valence-corrected chi connectivity index (χ1v) is 10.0. The van der Waals surface area contributed by atoms with Crippen molar-refractivity contribution in [2.75, 3.05) is 11.9 Å². The van der Waals surface area contributed by atoms with Gasteiger partial charge in [-0.15, -0.1) is 0 Å². The fraction of sp³-hybridized carbons (Fsp3) is 0.174. The number of fused-ring (bicyclic) bond motifs is 3. The first kappa shape index (κ1) is 21.8. The van der Waals surface area contributed by atoms with Crippen LogP contribution in [0, 0.1) is 13.8 Å². The summed E-state index contributed by atoms with van der Waals surface area (Å²) in [6, 6.07) is 11.7. The van der Waals surface area contributed by atoms with Gasteiger partial charge in [-0.1, -0.05) is 29.8 Å². The highest BCUT2D eigenvalue weighted by atomic mass is 16.5. The minimum Gasteiger partial charge on any atom is -0.454 e. The summed E-state index contributed by atoms with van der Waals surface area (Å²) in [7, 11) is 0. The number of benzene rings is 2. The fourth-order valence-corrected chi connectivity index (χ4v) is 3.33. The van der Waals surface area contributed by atoms with Crippen LogP contribution in [0.4, 0.5) is 10.5 Å². The number of amides is 3. The van der Waals surface area contributed by atoms with Gasteiger partial charge in [-0.2, -0.15) is 0 Å². The molecule has 2 heterocycles. The van der Waals surface area contributed by atoms with Gasteiger partial charge in [0.2, 0.25) is 5.58 Å². The van der Waals surface area contributed by atoms with Gasteiger partial charge < -0.3 is 14.5 Å². The summed E-state index contributed by atoms with van der Waals surface area (Å²) in [4.78, 5) is 52.9. The molecule has 0 atom stereocenters.